The summed E-state index contributed by atoms with van der Waals surface area (Å²) in [5.41, 5.74) is 2.37. The first-order chi connectivity index (χ1) is 14.1. The zero-order valence-electron chi connectivity index (χ0n) is 15.9. The number of nitrogens with one attached hydrogen (secondary N) is 2. The van der Waals surface area contributed by atoms with Crippen LogP contribution in [0.2, 0.25) is 0 Å². The van der Waals surface area contributed by atoms with Crippen molar-refractivity contribution in [2.24, 2.45) is 0 Å². The van der Waals surface area contributed by atoms with Crippen molar-refractivity contribution in [2.45, 2.75) is 0 Å². The Labute approximate surface area is 166 Å². The van der Waals surface area contributed by atoms with Gasteiger partial charge in [0, 0.05) is 28.6 Å². The third kappa shape index (κ3) is 3.67. The number of carbonyl (C=O) groups is 1. The van der Waals surface area contributed by atoms with Crippen LogP contribution in [0.3, 0.4) is 0 Å². The van der Waals surface area contributed by atoms with Crippen LogP contribution >= 0.6 is 0 Å². The number of carbonyl (C=O) groups excluding carboxylic acids is 1. The molecule has 7 heteroatoms. The molecule has 4 aromatic rings. The zero-order valence-corrected chi connectivity index (χ0v) is 15.9. The maximum atomic E-state index is 13.8. The maximum Gasteiger partial charge on any atom is 0.243 e. The van der Waals surface area contributed by atoms with Crippen LogP contribution in [-0.2, 0) is 4.79 Å². The Morgan fingerprint density at radius 3 is 2.52 bits per heavy atom. The summed E-state index contributed by atoms with van der Waals surface area (Å²) in [6, 6.07) is 15.7. The van der Waals surface area contributed by atoms with Gasteiger partial charge in [0.15, 0.2) is 11.6 Å². The van der Waals surface area contributed by atoms with Gasteiger partial charge < -0.3 is 24.5 Å². The SMILES string of the molecule is COc1ccc(NCC(=O)Nc2cc3oc4ccccc4c3cc2OC)cc1F. The van der Waals surface area contributed by atoms with E-state index in [2.05, 4.69) is 10.6 Å². The molecule has 0 saturated heterocycles. The zero-order chi connectivity index (χ0) is 20.4. The Bertz CT molecular complexity index is 1200. The Hall–Kier alpha value is -3.74. The Morgan fingerprint density at radius 1 is 0.966 bits per heavy atom. The van der Waals surface area contributed by atoms with E-state index in [0.717, 1.165) is 16.4 Å². The average Bonchev–Trinajstić information content (AvgIpc) is 3.09. The van der Waals surface area contributed by atoms with Crippen molar-refractivity contribution in [3.05, 3.63) is 60.4 Å². The van der Waals surface area contributed by atoms with E-state index in [1.165, 1.54) is 26.4 Å². The lowest BCUT2D eigenvalue weighted by Gasteiger charge is -2.12. The molecule has 29 heavy (non-hydrogen) atoms. The van der Waals surface area contributed by atoms with Gasteiger partial charge in [-0.05, 0) is 24.3 Å². The highest BCUT2D eigenvalue weighted by Crippen LogP contribution is 2.36. The molecule has 2 N–H and O–H groups in total. The molecule has 0 saturated carbocycles. The maximum absolute atomic E-state index is 13.8. The molecule has 0 atom stereocenters. The number of benzene rings is 3. The van der Waals surface area contributed by atoms with Crippen molar-refractivity contribution in [3.63, 3.8) is 0 Å². The van der Waals surface area contributed by atoms with Crippen LogP contribution in [0.25, 0.3) is 21.9 Å². The Balaban J connectivity index is 1.52. The van der Waals surface area contributed by atoms with E-state index in [1.807, 2.05) is 30.3 Å². The van der Waals surface area contributed by atoms with Crippen LogP contribution in [0.15, 0.2) is 59.0 Å². The lowest BCUT2D eigenvalue weighted by molar-refractivity contribution is -0.114. The van der Waals surface area contributed by atoms with Crippen molar-refractivity contribution >= 4 is 39.2 Å². The highest BCUT2D eigenvalue weighted by molar-refractivity contribution is 6.08. The fourth-order valence-corrected chi connectivity index (χ4v) is 3.17. The molecule has 0 unspecified atom stereocenters. The van der Waals surface area contributed by atoms with E-state index in [0.29, 0.717) is 22.7 Å². The monoisotopic (exact) mass is 394 g/mol. The molecule has 0 bridgehead atoms. The molecular weight excluding hydrogens is 375 g/mol. The van der Waals surface area contributed by atoms with Gasteiger partial charge in [-0.2, -0.15) is 0 Å². The van der Waals surface area contributed by atoms with Crippen molar-refractivity contribution in [1.82, 2.24) is 0 Å². The van der Waals surface area contributed by atoms with Gasteiger partial charge in [-0.15, -0.1) is 0 Å². The normalized spacial score (nSPS) is 10.9. The summed E-state index contributed by atoms with van der Waals surface area (Å²) in [6.45, 7) is -0.0485. The number of fused-ring (bicyclic) bond motifs is 3. The molecule has 0 aliphatic rings. The van der Waals surface area contributed by atoms with Crippen LogP contribution in [0.1, 0.15) is 0 Å². The lowest BCUT2D eigenvalue weighted by atomic mass is 10.1. The molecule has 1 amide bonds. The van der Waals surface area contributed by atoms with Crippen molar-refractivity contribution < 1.29 is 23.1 Å². The Morgan fingerprint density at radius 2 is 1.76 bits per heavy atom. The van der Waals surface area contributed by atoms with Crippen LogP contribution in [-0.4, -0.2) is 26.7 Å². The third-order valence-electron chi connectivity index (χ3n) is 4.58. The van der Waals surface area contributed by atoms with Gasteiger partial charge in [0.2, 0.25) is 5.91 Å². The Kier molecular flexibility index (Phi) is 4.95. The van der Waals surface area contributed by atoms with Gasteiger partial charge >= 0.3 is 0 Å². The average molecular weight is 394 g/mol. The number of para-hydroxylation sites is 1. The summed E-state index contributed by atoms with van der Waals surface area (Å²) in [5.74, 6) is -0.151. The summed E-state index contributed by atoms with van der Waals surface area (Å²) in [4.78, 5) is 12.4. The second-order valence-corrected chi connectivity index (χ2v) is 6.40. The number of hydrogen-bond acceptors (Lipinski definition) is 5. The van der Waals surface area contributed by atoms with Crippen LogP contribution < -0.4 is 20.1 Å². The number of methoxy groups -OCH3 is 2. The predicted octanol–water partition coefficient (Wildman–Crippen LogP) is 4.79. The fraction of sp³-hybridized carbons (Fsp3) is 0.136. The summed E-state index contributed by atoms with van der Waals surface area (Å²) in [5, 5.41) is 7.56. The molecule has 0 aliphatic heterocycles. The highest BCUT2D eigenvalue weighted by Gasteiger charge is 2.14. The third-order valence-corrected chi connectivity index (χ3v) is 4.58. The summed E-state index contributed by atoms with van der Waals surface area (Å²) < 4.78 is 29.9. The van der Waals surface area contributed by atoms with Crippen LogP contribution in [0.4, 0.5) is 15.8 Å². The minimum absolute atomic E-state index is 0.0485. The van der Waals surface area contributed by atoms with E-state index in [-0.39, 0.29) is 18.2 Å². The van der Waals surface area contributed by atoms with Gasteiger partial charge in [-0.1, -0.05) is 18.2 Å². The molecule has 1 heterocycles. The first-order valence-corrected chi connectivity index (χ1v) is 8.95. The fourth-order valence-electron chi connectivity index (χ4n) is 3.17. The molecule has 0 radical (unpaired) electrons. The molecule has 0 fully saturated rings. The smallest absolute Gasteiger partial charge is 0.243 e. The van der Waals surface area contributed by atoms with E-state index in [9.17, 15) is 9.18 Å². The van der Waals surface area contributed by atoms with Gasteiger partial charge in [-0.25, -0.2) is 4.39 Å². The summed E-state index contributed by atoms with van der Waals surface area (Å²) in [7, 11) is 2.93. The van der Waals surface area contributed by atoms with E-state index >= 15 is 0 Å². The minimum Gasteiger partial charge on any atom is -0.495 e. The van der Waals surface area contributed by atoms with E-state index < -0.39 is 5.82 Å². The standard InChI is InChI=1S/C22H19FN2O4/c1-27-19-8-7-13(9-16(19)23)24-12-22(26)25-17-11-20-15(10-21(17)28-2)14-5-3-4-6-18(14)29-20/h3-11,24H,12H2,1-2H3,(H,25,26). The largest absolute Gasteiger partial charge is 0.495 e. The predicted molar refractivity (Wildman–Crippen MR) is 110 cm³/mol. The molecular formula is C22H19FN2O4. The number of anilines is 2. The van der Waals surface area contributed by atoms with Gasteiger partial charge in [0.05, 0.1) is 26.5 Å². The van der Waals surface area contributed by atoms with Crippen LogP contribution in [0.5, 0.6) is 11.5 Å². The second kappa shape index (κ2) is 7.71. The quantitative estimate of drug-likeness (QED) is 0.492. The van der Waals surface area contributed by atoms with Crippen molar-refractivity contribution in [1.29, 1.82) is 0 Å². The highest BCUT2D eigenvalue weighted by atomic mass is 19.1. The summed E-state index contributed by atoms with van der Waals surface area (Å²) >= 11 is 0. The number of hydrogen-bond donors (Lipinski definition) is 2. The van der Waals surface area contributed by atoms with E-state index in [1.54, 1.807) is 12.1 Å². The van der Waals surface area contributed by atoms with Crippen molar-refractivity contribution in [3.8, 4) is 11.5 Å². The minimum atomic E-state index is -0.505. The van der Waals surface area contributed by atoms with Crippen LogP contribution in [0, 0.1) is 5.82 Å². The number of amides is 1. The molecule has 6 nitrogen and oxygen atoms in total. The van der Waals surface area contributed by atoms with Gasteiger partial charge in [-0.3, -0.25) is 4.79 Å². The first kappa shape index (κ1) is 18.6. The molecule has 0 spiro atoms. The molecule has 0 aliphatic carbocycles. The van der Waals surface area contributed by atoms with Gasteiger partial charge in [0.1, 0.15) is 16.9 Å². The lowest BCUT2D eigenvalue weighted by Crippen LogP contribution is -2.22. The molecule has 1 aromatic heterocycles. The molecule has 4 rings (SSSR count). The first-order valence-electron chi connectivity index (χ1n) is 8.95. The molecule has 148 valence electrons. The molecule has 3 aromatic carbocycles. The topological polar surface area (TPSA) is 72.7 Å². The number of rotatable bonds is 6. The van der Waals surface area contributed by atoms with Gasteiger partial charge in [0.25, 0.3) is 0 Å². The summed E-state index contributed by atoms with van der Waals surface area (Å²) in [6.07, 6.45) is 0. The number of furan rings is 1. The number of ether oxygens (including phenoxy) is 2. The second-order valence-electron chi connectivity index (χ2n) is 6.40. The van der Waals surface area contributed by atoms with Crippen molar-refractivity contribution in [2.75, 3.05) is 31.4 Å². The number of halogens is 1. The van der Waals surface area contributed by atoms with E-state index in [4.69, 9.17) is 13.9 Å².